The highest BCUT2D eigenvalue weighted by Crippen LogP contribution is 2.31. The van der Waals surface area contributed by atoms with Crippen molar-refractivity contribution >= 4 is 11.0 Å². The molecule has 3 aromatic carbocycles. The molecule has 0 saturated carbocycles. The molecule has 0 unspecified atom stereocenters. The van der Waals surface area contributed by atoms with Gasteiger partial charge in [-0.2, -0.15) is 0 Å². The highest BCUT2D eigenvalue weighted by Gasteiger charge is 2.08. The second kappa shape index (κ2) is 6.36. The molecule has 122 valence electrons. The maximum Gasteiger partial charge on any atom is 0.126 e. The van der Waals surface area contributed by atoms with E-state index in [1.54, 1.807) is 7.11 Å². The number of nitrogens with zero attached hydrogens (tertiary/aromatic N) is 2. The van der Waals surface area contributed by atoms with Crippen molar-refractivity contribution in [1.82, 2.24) is 9.97 Å². The van der Waals surface area contributed by atoms with E-state index < -0.39 is 0 Å². The summed E-state index contributed by atoms with van der Waals surface area (Å²) in [6.07, 6.45) is 1.83. The fourth-order valence-electron chi connectivity index (χ4n) is 2.92. The summed E-state index contributed by atoms with van der Waals surface area (Å²) in [6.45, 7) is 2.08. The van der Waals surface area contributed by atoms with E-state index in [0.717, 1.165) is 39.2 Å². The van der Waals surface area contributed by atoms with E-state index in [1.165, 1.54) is 5.56 Å². The van der Waals surface area contributed by atoms with Crippen molar-refractivity contribution in [2.75, 3.05) is 7.11 Å². The van der Waals surface area contributed by atoms with Gasteiger partial charge >= 0.3 is 0 Å². The van der Waals surface area contributed by atoms with E-state index in [-0.39, 0.29) is 0 Å². The van der Waals surface area contributed by atoms with Gasteiger partial charge in [-0.3, -0.25) is 4.98 Å². The van der Waals surface area contributed by atoms with Crippen molar-refractivity contribution in [3.8, 4) is 28.1 Å². The van der Waals surface area contributed by atoms with Gasteiger partial charge in [-0.05, 0) is 30.7 Å². The topological polar surface area (TPSA) is 35.0 Å². The Kier molecular flexibility index (Phi) is 3.90. The van der Waals surface area contributed by atoms with Gasteiger partial charge in [-0.15, -0.1) is 0 Å². The molecule has 4 rings (SSSR count). The molecule has 0 N–H and O–H groups in total. The van der Waals surface area contributed by atoms with Crippen molar-refractivity contribution in [2.45, 2.75) is 6.92 Å². The van der Waals surface area contributed by atoms with Crippen LogP contribution in [0.15, 0.2) is 72.9 Å². The molecule has 0 spiro atoms. The summed E-state index contributed by atoms with van der Waals surface area (Å²) in [5.41, 5.74) is 7.08. The zero-order valence-electron chi connectivity index (χ0n) is 14.2. The fraction of sp³-hybridized carbons (Fsp3) is 0.0909. The van der Waals surface area contributed by atoms with Crippen LogP contribution < -0.4 is 4.74 Å². The first kappa shape index (κ1) is 15.3. The number of benzene rings is 3. The standard InChI is InChI=1S/C22H18N2O/c1-15-7-9-16(10-8-15)21-14-23-20-13-17(11-12-19(20)24-21)18-5-3-4-6-22(18)25-2/h3-14H,1-2H3. The highest BCUT2D eigenvalue weighted by molar-refractivity contribution is 5.84. The Hall–Kier alpha value is -3.20. The lowest BCUT2D eigenvalue weighted by Gasteiger charge is -2.09. The van der Waals surface area contributed by atoms with Crippen LogP contribution >= 0.6 is 0 Å². The smallest absolute Gasteiger partial charge is 0.126 e. The lowest BCUT2D eigenvalue weighted by molar-refractivity contribution is 0.416. The van der Waals surface area contributed by atoms with E-state index in [9.17, 15) is 0 Å². The number of rotatable bonds is 3. The minimum atomic E-state index is 0.853. The first-order valence-corrected chi connectivity index (χ1v) is 8.22. The third-order valence-corrected chi connectivity index (χ3v) is 4.31. The van der Waals surface area contributed by atoms with E-state index in [4.69, 9.17) is 9.72 Å². The molecule has 3 heteroatoms. The summed E-state index contributed by atoms with van der Waals surface area (Å²) in [5.74, 6) is 0.853. The third-order valence-electron chi connectivity index (χ3n) is 4.31. The second-order valence-electron chi connectivity index (χ2n) is 6.03. The van der Waals surface area contributed by atoms with Crippen LogP contribution in [-0.2, 0) is 0 Å². The number of aryl methyl sites for hydroxylation is 1. The van der Waals surface area contributed by atoms with Gasteiger partial charge in [-0.1, -0.05) is 54.1 Å². The number of fused-ring (bicyclic) bond motifs is 1. The average Bonchev–Trinajstić information content (AvgIpc) is 2.67. The Bertz CT molecular complexity index is 1040. The number of hydrogen-bond donors (Lipinski definition) is 0. The SMILES string of the molecule is COc1ccccc1-c1ccc2nc(-c3ccc(C)cc3)cnc2c1. The zero-order valence-corrected chi connectivity index (χ0v) is 14.2. The minimum absolute atomic E-state index is 0.853. The number of hydrogen-bond acceptors (Lipinski definition) is 3. The van der Waals surface area contributed by atoms with Crippen molar-refractivity contribution in [3.63, 3.8) is 0 Å². The third kappa shape index (κ3) is 2.96. The molecular formula is C22H18N2O. The molecule has 0 atom stereocenters. The maximum atomic E-state index is 5.46. The normalized spacial score (nSPS) is 10.8. The van der Waals surface area contributed by atoms with Crippen LogP contribution in [0.2, 0.25) is 0 Å². The van der Waals surface area contributed by atoms with Gasteiger partial charge in [0.2, 0.25) is 0 Å². The molecule has 0 saturated heterocycles. The van der Waals surface area contributed by atoms with Crippen molar-refractivity contribution in [3.05, 3.63) is 78.5 Å². The summed E-state index contributed by atoms with van der Waals surface area (Å²) >= 11 is 0. The molecule has 0 aliphatic carbocycles. The molecule has 25 heavy (non-hydrogen) atoms. The molecule has 0 aliphatic rings. The van der Waals surface area contributed by atoms with E-state index in [0.29, 0.717) is 0 Å². The van der Waals surface area contributed by atoms with Gasteiger partial charge in [0, 0.05) is 11.1 Å². The molecule has 0 amide bonds. The van der Waals surface area contributed by atoms with Crippen LogP contribution in [0.4, 0.5) is 0 Å². The summed E-state index contributed by atoms with van der Waals surface area (Å²) in [7, 11) is 1.69. The molecule has 4 aromatic rings. The maximum absolute atomic E-state index is 5.46. The van der Waals surface area contributed by atoms with Crippen molar-refractivity contribution in [2.24, 2.45) is 0 Å². The molecule has 0 bridgehead atoms. The van der Waals surface area contributed by atoms with E-state index >= 15 is 0 Å². The predicted molar refractivity (Wildman–Crippen MR) is 102 cm³/mol. The molecular weight excluding hydrogens is 308 g/mol. The molecule has 1 aromatic heterocycles. The summed E-state index contributed by atoms with van der Waals surface area (Å²) in [4.78, 5) is 9.38. The van der Waals surface area contributed by atoms with E-state index in [2.05, 4.69) is 48.3 Å². The zero-order chi connectivity index (χ0) is 17.2. The highest BCUT2D eigenvalue weighted by atomic mass is 16.5. The second-order valence-corrected chi connectivity index (χ2v) is 6.03. The van der Waals surface area contributed by atoms with Gasteiger partial charge in [0.1, 0.15) is 5.75 Å². The van der Waals surface area contributed by atoms with Gasteiger partial charge in [0.05, 0.1) is 30.0 Å². The fourth-order valence-corrected chi connectivity index (χ4v) is 2.92. The summed E-state index contributed by atoms with van der Waals surface area (Å²) in [6, 6.07) is 22.5. The Labute approximate surface area is 147 Å². The predicted octanol–water partition coefficient (Wildman–Crippen LogP) is 5.28. The Morgan fingerprint density at radius 3 is 2.36 bits per heavy atom. The lowest BCUT2D eigenvalue weighted by Crippen LogP contribution is -1.91. The van der Waals surface area contributed by atoms with Crippen LogP contribution in [-0.4, -0.2) is 17.1 Å². The minimum Gasteiger partial charge on any atom is -0.496 e. The first-order valence-electron chi connectivity index (χ1n) is 8.22. The number of methoxy groups -OCH3 is 1. The molecule has 0 radical (unpaired) electrons. The van der Waals surface area contributed by atoms with Crippen LogP contribution in [0.5, 0.6) is 5.75 Å². The van der Waals surface area contributed by atoms with Crippen molar-refractivity contribution in [1.29, 1.82) is 0 Å². The molecule has 0 aliphatic heterocycles. The number of aromatic nitrogens is 2. The quantitative estimate of drug-likeness (QED) is 0.514. The first-order chi connectivity index (χ1) is 12.2. The summed E-state index contributed by atoms with van der Waals surface area (Å²) in [5, 5.41) is 0. The number of para-hydroxylation sites is 1. The van der Waals surface area contributed by atoms with Crippen LogP contribution in [0.25, 0.3) is 33.4 Å². The Morgan fingerprint density at radius 2 is 1.56 bits per heavy atom. The average molecular weight is 326 g/mol. The van der Waals surface area contributed by atoms with Gasteiger partial charge in [-0.25, -0.2) is 4.98 Å². The van der Waals surface area contributed by atoms with Gasteiger partial charge in [0.15, 0.2) is 0 Å². The largest absolute Gasteiger partial charge is 0.496 e. The molecule has 1 heterocycles. The van der Waals surface area contributed by atoms with Crippen LogP contribution in [0, 0.1) is 6.92 Å². The monoisotopic (exact) mass is 326 g/mol. The van der Waals surface area contributed by atoms with Gasteiger partial charge < -0.3 is 4.74 Å². The van der Waals surface area contributed by atoms with Crippen molar-refractivity contribution < 1.29 is 4.74 Å². The molecule has 0 fully saturated rings. The van der Waals surface area contributed by atoms with Gasteiger partial charge in [0.25, 0.3) is 0 Å². The Morgan fingerprint density at radius 1 is 0.800 bits per heavy atom. The number of ether oxygens (including phenoxy) is 1. The Balaban J connectivity index is 1.77. The summed E-state index contributed by atoms with van der Waals surface area (Å²) < 4.78 is 5.46. The van der Waals surface area contributed by atoms with Crippen LogP contribution in [0.1, 0.15) is 5.56 Å². The lowest BCUT2D eigenvalue weighted by atomic mass is 10.0. The van der Waals surface area contributed by atoms with E-state index in [1.807, 2.05) is 36.5 Å². The molecule has 3 nitrogen and oxygen atoms in total. The van der Waals surface area contributed by atoms with Crippen LogP contribution in [0.3, 0.4) is 0 Å².